The molecule has 0 saturated carbocycles. The number of ether oxygens (including phenoxy) is 1. The van der Waals surface area contributed by atoms with E-state index < -0.39 is 0 Å². The van der Waals surface area contributed by atoms with E-state index in [1.54, 1.807) is 11.8 Å². The van der Waals surface area contributed by atoms with Crippen molar-refractivity contribution in [3.05, 3.63) is 59.4 Å². The largest absolute Gasteiger partial charge is 0.489 e. The van der Waals surface area contributed by atoms with Crippen molar-refractivity contribution in [2.45, 2.75) is 32.4 Å². The maximum absolute atomic E-state index is 12.6. The van der Waals surface area contributed by atoms with Gasteiger partial charge in [-0.05, 0) is 55.9 Å². The number of nitrogens with zero attached hydrogens (tertiary/aromatic N) is 2. The van der Waals surface area contributed by atoms with E-state index in [-0.39, 0.29) is 12.0 Å². The van der Waals surface area contributed by atoms with E-state index in [1.807, 2.05) is 43.8 Å². The van der Waals surface area contributed by atoms with Crippen molar-refractivity contribution in [1.29, 1.82) is 0 Å². The predicted octanol–water partition coefficient (Wildman–Crippen LogP) is 3.53. The Morgan fingerprint density at radius 3 is 2.71 bits per heavy atom. The number of likely N-dealkylation sites (tertiary alicyclic amines) is 1. The molecule has 2 heterocycles. The van der Waals surface area contributed by atoms with Crippen LogP contribution in [0.15, 0.2) is 42.7 Å². The Morgan fingerprint density at radius 2 is 2.00 bits per heavy atom. The molecule has 0 bridgehead atoms. The number of amides is 1. The molecule has 1 amide bonds. The summed E-state index contributed by atoms with van der Waals surface area (Å²) in [6, 6.07) is 9.99. The Morgan fingerprint density at radius 1 is 1.25 bits per heavy atom. The summed E-state index contributed by atoms with van der Waals surface area (Å²) in [6.07, 6.45) is 7.80. The summed E-state index contributed by atoms with van der Waals surface area (Å²) in [6.45, 7) is 5.60. The van der Waals surface area contributed by atoms with E-state index in [4.69, 9.17) is 4.74 Å². The van der Waals surface area contributed by atoms with Crippen LogP contribution in [0.2, 0.25) is 0 Å². The summed E-state index contributed by atoms with van der Waals surface area (Å²) in [5, 5.41) is 2.99. The van der Waals surface area contributed by atoms with Gasteiger partial charge in [-0.3, -0.25) is 14.7 Å². The zero-order valence-electron chi connectivity index (χ0n) is 16.7. The molecule has 0 radical (unpaired) electrons. The number of rotatable bonds is 8. The van der Waals surface area contributed by atoms with Crippen LogP contribution >= 0.6 is 11.8 Å². The molecule has 28 heavy (non-hydrogen) atoms. The first-order valence-electron chi connectivity index (χ1n) is 9.81. The number of hydrogen-bond donors (Lipinski definition) is 1. The van der Waals surface area contributed by atoms with Crippen LogP contribution in [0.3, 0.4) is 0 Å². The van der Waals surface area contributed by atoms with Gasteiger partial charge in [0.15, 0.2) is 0 Å². The number of nitrogens with one attached hydrogen (secondary N) is 1. The lowest BCUT2D eigenvalue weighted by atomic mass is 10.1. The number of carbonyl (C=O) groups excluding carboxylic acids is 1. The SMILES string of the molecule is CSCCNC(=O)c1cc(C)ccc1OC1CCN(Cc2ccncc2)CC1. The molecule has 5 nitrogen and oxygen atoms in total. The molecule has 0 atom stereocenters. The molecule has 0 spiro atoms. The van der Waals surface area contributed by atoms with Crippen LogP contribution in [0, 0.1) is 6.92 Å². The van der Waals surface area contributed by atoms with E-state index in [0.29, 0.717) is 17.9 Å². The molecular weight excluding hydrogens is 370 g/mol. The molecule has 1 fully saturated rings. The second-order valence-corrected chi connectivity index (χ2v) is 8.18. The maximum Gasteiger partial charge on any atom is 0.255 e. The summed E-state index contributed by atoms with van der Waals surface area (Å²) in [4.78, 5) is 19.1. The van der Waals surface area contributed by atoms with E-state index >= 15 is 0 Å². The Bertz CT molecular complexity index is 762. The van der Waals surface area contributed by atoms with Gasteiger partial charge in [-0.1, -0.05) is 11.6 Å². The first-order valence-corrected chi connectivity index (χ1v) is 11.2. The quantitative estimate of drug-likeness (QED) is 0.688. The highest BCUT2D eigenvalue weighted by atomic mass is 32.2. The van der Waals surface area contributed by atoms with Crippen molar-refractivity contribution < 1.29 is 9.53 Å². The summed E-state index contributed by atoms with van der Waals surface area (Å²) in [7, 11) is 0. The van der Waals surface area contributed by atoms with Crippen LogP contribution in [-0.4, -0.2) is 53.5 Å². The molecule has 2 aromatic rings. The topological polar surface area (TPSA) is 54.5 Å². The highest BCUT2D eigenvalue weighted by molar-refractivity contribution is 7.98. The van der Waals surface area contributed by atoms with Gasteiger partial charge < -0.3 is 10.1 Å². The zero-order valence-corrected chi connectivity index (χ0v) is 17.5. The molecular formula is C22H29N3O2S. The first kappa shape index (κ1) is 20.7. The minimum Gasteiger partial charge on any atom is -0.489 e. The molecule has 150 valence electrons. The standard InChI is InChI=1S/C22H29N3O2S/c1-17-3-4-21(20(15-17)22(26)24-11-14-28-2)27-19-7-12-25(13-8-19)16-18-5-9-23-10-6-18/h3-6,9-10,15,19H,7-8,11-14,16H2,1-2H3,(H,24,26). The van der Waals surface area contributed by atoms with Gasteiger partial charge in [0.2, 0.25) is 0 Å². The van der Waals surface area contributed by atoms with Crippen LogP contribution in [-0.2, 0) is 6.54 Å². The summed E-state index contributed by atoms with van der Waals surface area (Å²) >= 11 is 1.72. The lowest BCUT2D eigenvalue weighted by Crippen LogP contribution is -2.38. The van der Waals surface area contributed by atoms with Gasteiger partial charge in [-0.25, -0.2) is 0 Å². The normalized spacial score (nSPS) is 15.4. The van der Waals surface area contributed by atoms with Gasteiger partial charge in [-0.2, -0.15) is 11.8 Å². The molecule has 1 saturated heterocycles. The Kier molecular flexibility index (Phi) is 7.74. The van der Waals surface area contributed by atoms with Gasteiger partial charge in [-0.15, -0.1) is 0 Å². The van der Waals surface area contributed by atoms with Crippen LogP contribution < -0.4 is 10.1 Å². The number of benzene rings is 1. The number of hydrogen-bond acceptors (Lipinski definition) is 5. The molecule has 1 aromatic carbocycles. The highest BCUT2D eigenvalue weighted by Gasteiger charge is 2.22. The van der Waals surface area contributed by atoms with Crippen molar-refractivity contribution in [3.8, 4) is 5.75 Å². The smallest absolute Gasteiger partial charge is 0.255 e. The van der Waals surface area contributed by atoms with Crippen LogP contribution in [0.25, 0.3) is 0 Å². The van der Waals surface area contributed by atoms with Crippen molar-refractivity contribution >= 4 is 17.7 Å². The van der Waals surface area contributed by atoms with Crippen molar-refractivity contribution in [2.24, 2.45) is 0 Å². The van der Waals surface area contributed by atoms with Gasteiger partial charge in [0.25, 0.3) is 5.91 Å². The second-order valence-electron chi connectivity index (χ2n) is 7.20. The minimum absolute atomic E-state index is 0.0529. The molecule has 0 unspecified atom stereocenters. The van der Waals surface area contributed by atoms with Gasteiger partial charge >= 0.3 is 0 Å². The molecule has 1 aliphatic heterocycles. The van der Waals surface area contributed by atoms with E-state index in [2.05, 4.69) is 27.3 Å². The Labute approximate surface area is 171 Å². The fourth-order valence-electron chi connectivity index (χ4n) is 3.40. The summed E-state index contributed by atoms with van der Waals surface area (Å²) in [5.41, 5.74) is 2.99. The Balaban J connectivity index is 1.56. The molecule has 1 N–H and O–H groups in total. The van der Waals surface area contributed by atoms with Gasteiger partial charge in [0, 0.05) is 44.3 Å². The summed E-state index contributed by atoms with van der Waals surface area (Å²) in [5.74, 6) is 1.55. The number of piperidine rings is 1. The van der Waals surface area contributed by atoms with Crippen LogP contribution in [0.1, 0.15) is 34.3 Å². The van der Waals surface area contributed by atoms with E-state index in [0.717, 1.165) is 43.8 Å². The average Bonchev–Trinajstić information content (AvgIpc) is 2.71. The highest BCUT2D eigenvalue weighted by Crippen LogP contribution is 2.25. The second kappa shape index (κ2) is 10.5. The monoisotopic (exact) mass is 399 g/mol. The van der Waals surface area contributed by atoms with Crippen LogP contribution in [0.4, 0.5) is 0 Å². The van der Waals surface area contributed by atoms with E-state index in [9.17, 15) is 4.79 Å². The molecule has 3 rings (SSSR count). The third-order valence-electron chi connectivity index (χ3n) is 4.96. The average molecular weight is 400 g/mol. The molecule has 1 aromatic heterocycles. The van der Waals surface area contributed by atoms with Gasteiger partial charge in [0.1, 0.15) is 11.9 Å². The predicted molar refractivity (Wildman–Crippen MR) is 115 cm³/mol. The van der Waals surface area contributed by atoms with Crippen molar-refractivity contribution in [3.63, 3.8) is 0 Å². The number of aryl methyl sites for hydroxylation is 1. The number of pyridine rings is 1. The summed E-state index contributed by atoms with van der Waals surface area (Å²) < 4.78 is 6.26. The number of aromatic nitrogens is 1. The number of carbonyl (C=O) groups is 1. The minimum atomic E-state index is -0.0529. The lowest BCUT2D eigenvalue weighted by Gasteiger charge is -2.32. The van der Waals surface area contributed by atoms with Gasteiger partial charge in [0.05, 0.1) is 5.56 Å². The van der Waals surface area contributed by atoms with E-state index in [1.165, 1.54) is 5.56 Å². The zero-order chi connectivity index (χ0) is 19.8. The molecule has 0 aliphatic carbocycles. The molecule has 6 heteroatoms. The Hall–Kier alpha value is -2.05. The lowest BCUT2D eigenvalue weighted by molar-refractivity contribution is 0.0893. The fraction of sp³-hybridized carbons (Fsp3) is 0.455. The van der Waals surface area contributed by atoms with Crippen LogP contribution in [0.5, 0.6) is 5.75 Å². The molecule has 1 aliphatic rings. The first-order chi connectivity index (χ1) is 13.7. The van der Waals surface area contributed by atoms with Crippen molar-refractivity contribution in [1.82, 2.24) is 15.2 Å². The number of thioether (sulfide) groups is 1. The third-order valence-corrected chi connectivity index (χ3v) is 5.57. The maximum atomic E-state index is 12.6. The van der Waals surface area contributed by atoms with Crippen molar-refractivity contribution in [2.75, 3.05) is 31.6 Å². The third kappa shape index (κ3) is 5.97. The fourth-order valence-corrected chi connectivity index (χ4v) is 3.70.